The van der Waals surface area contributed by atoms with E-state index < -0.39 is 0 Å². The Hall–Kier alpha value is -6.90. The summed E-state index contributed by atoms with van der Waals surface area (Å²) in [5.74, 6) is 0. The number of fused-ring (bicyclic) bond motifs is 8. The quantitative estimate of drug-likeness (QED) is 0.172. The first-order chi connectivity index (χ1) is 25.8. The summed E-state index contributed by atoms with van der Waals surface area (Å²) in [6.07, 6.45) is 0. The predicted octanol–water partition coefficient (Wildman–Crippen LogP) is 14.0. The molecule has 242 valence electrons. The lowest BCUT2D eigenvalue weighted by Gasteiger charge is -2.18. The molecule has 0 amide bonds. The normalized spacial score (nSPS) is 11.8. The van der Waals surface area contributed by atoms with E-state index in [4.69, 9.17) is 4.42 Å². The van der Waals surface area contributed by atoms with Gasteiger partial charge in [0.1, 0.15) is 11.2 Å². The van der Waals surface area contributed by atoms with Gasteiger partial charge in [-0.25, -0.2) is 0 Å². The second-order valence-corrected chi connectivity index (χ2v) is 13.6. The monoisotopic (exact) mass is 661 g/mol. The fourth-order valence-corrected chi connectivity index (χ4v) is 8.61. The zero-order valence-corrected chi connectivity index (χ0v) is 28.3. The van der Waals surface area contributed by atoms with Gasteiger partial charge in [-0.05, 0) is 85.8 Å². The van der Waals surface area contributed by atoms with Gasteiger partial charge in [0.2, 0.25) is 0 Å². The topological polar surface area (TPSA) is 18.1 Å². The van der Waals surface area contributed by atoms with E-state index in [1.54, 1.807) is 0 Å². The standard InChI is InChI=1S/C50H31NO/c1-3-15-32(16-4-1)35-24-13-26-42-49-41(25-14-28-46(49)52-50(35)42)48-39-22-9-7-20-37(39)47(38-21-8-10-23-40(38)48)33-29-30-45-43(31-33)36-19-11-12-27-44(36)51(45)34-17-5-2-6-18-34/h1-31H. The molecule has 2 aromatic heterocycles. The van der Waals surface area contributed by atoms with Crippen LogP contribution in [0.4, 0.5) is 0 Å². The first kappa shape index (κ1) is 28.9. The largest absolute Gasteiger partial charge is 0.455 e. The highest BCUT2D eigenvalue weighted by molar-refractivity contribution is 6.26. The molecule has 0 aliphatic carbocycles. The summed E-state index contributed by atoms with van der Waals surface area (Å²) in [5.41, 5.74) is 12.5. The average Bonchev–Trinajstić information content (AvgIpc) is 3.76. The van der Waals surface area contributed by atoms with Crippen molar-refractivity contribution in [2.45, 2.75) is 0 Å². The molecule has 9 aromatic carbocycles. The summed E-state index contributed by atoms with van der Waals surface area (Å²) in [4.78, 5) is 0. The fourth-order valence-electron chi connectivity index (χ4n) is 8.61. The number of hydrogen-bond donors (Lipinski definition) is 0. The van der Waals surface area contributed by atoms with E-state index in [2.05, 4.69) is 193 Å². The van der Waals surface area contributed by atoms with Crippen LogP contribution in [0.25, 0.3) is 104 Å². The van der Waals surface area contributed by atoms with Gasteiger partial charge in [-0.3, -0.25) is 0 Å². The van der Waals surface area contributed by atoms with Gasteiger partial charge in [-0.1, -0.05) is 152 Å². The van der Waals surface area contributed by atoms with Crippen LogP contribution in [-0.4, -0.2) is 4.57 Å². The lowest BCUT2D eigenvalue weighted by Crippen LogP contribution is -1.93. The number of furan rings is 1. The molecule has 0 fully saturated rings. The molecule has 0 aliphatic rings. The Morgan fingerprint density at radius 3 is 1.63 bits per heavy atom. The van der Waals surface area contributed by atoms with Crippen molar-refractivity contribution in [2.24, 2.45) is 0 Å². The smallest absolute Gasteiger partial charge is 0.143 e. The number of hydrogen-bond acceptors (Lipinski definition) is 1. The van der Waals surface area contributed by atoms with Crippen LogP contribution in [0.1, 0.15) is 0 Å². The van der Waals surface area contributed by atoms with Gasteiger partial charge >= 0.3 is 0 Å². The third-order valence-electron chi connectivity index (χ3n) is 10.8. The number of para-hydroxylation sites is 3. The molecule has 52 heavy (non-hydrogen) atoms. The number of aromatic nitrogens is 1. The number of rotatable bonds is 4. The minimum atomic E-state index is 0.897. The molecule has 0 spiro atoms. The van der Waals surface area contributed by atoms with Gasteiger partial charge in [-0.2, -0.15) is 0 Å². The molecule has 2 heterocycles. The second-order valence-electron chi connectivity index (χ2n) is 13.6. The predicted molar refractivity (Wildman–Crippen MR) is 219 cm³/mol. The Labute approximate surface area is 300 Å². The molecule has 0 atom stereocenters. The summed E-state index contributed by atoms with van der Waals surface area (Å²) in [6, 6.07) is 67.8. The van der Waals surface area contributed by atoms with Crippen LogP contribution in [0.2, 0.25) is 0 Å². The van der Waals surface area contributed by atoms with Crippen LogP contribution in [0, 0.1) is 0 Å². The molecule has 11 rings (SSSR count). The maximum Gasteiger partial charge on any atom is 0.143 e. The van der Waals surface area contributed by atoms with Gasteiger partial charge in [-0.15, -0.1) is 0 Å². The van der Waals surface area contributed by atoms with Gasteiger partial charge < -0.3 is 8.98 Å². The zero-order valence-electron chi connectivity index (χ0n) is 28.3. The molecule has 0 saturated carbocycles. The summed E-state index contributed by atoms with van der Waals surface area (Å²) in [6.45, 7) is 0. The second kappa shape index (κ2) is 11.3. The zero-order chi connectivity index (χ0) is 34.2. The van der Waals surface area contributed by atoms with Gasteiger partial charge in [0.05, 0.1) is 11.0 Å². The maximum absolute atomic E-state index is 6.73. The molecule has 0 radical (unpaired) electrons. The SMILES string of the molecule is c1ccc(-c2cccc3c2oc2cccc(-c4c5ccccc5c(-c5ccc6c(c5)c5ccccc5n6-c5ccccc5)c5ccccc45)c23)cc1. The first-order valence-electron chi connectivity index (χ1n) is 17.9. The van der Waals surface area contributed by atoms with Crippen molar-refractivity contribution >= 4 is 65.3 Å². The molecule has 0 saturated heterocycles. The Kier molecular flexibility index (Phi) is 6.28. The van der Waals surface area contributed by atoms with E-state index >= 15 is 0 Å². The van der Waals surface area contributed by atoms with E-state index in [1.165, 1.54) is 71.3 Å². The Morgan fingerprint density at radius 1 is 0.346 bits per heavy atom. The van der Waals surface area contributed by atoms with Gasteiger partial charge in [0, 0.05) is 32.8 Å². The van der Waals surface area contributed by atoms with Crippen molar-refractivity contribution in [3.63, 3.8) is 0 Å². The lowest BCUT2D eigenvalue weighted by atomic mass is 9.84. The molecule has 0 aliphatic heterocycles. The third kappa shape index (κ3) is 4.19. The van der Waals surface area contributed by atoms with E-state index in [9.17, 15) is 0 Å². The minimum Gasteiger partial charge on any atom is -0.455 e. The first-order valence-corrected chi connectivity index (χ1v) is 17.9. The number of nitrogens with zero attached hydrogens (tertiary/aromatic N) is 1. The van der Waals surface area contributed by atoms with Crippen LogP contribution in [0.5, 0.6) is 0 Å². The van der Waals surface area contributed by atoms with Crippen LogP contribution in [0.3, 0.4) is 0 Å². The molecule has 0 unspecified atom stereocenters. The van der Waals surface area contributed by atoms with Crippen LogP contribution in [-0.2, 0) is 0 Å². The molecule has 0 N–H and O–H groups in total. The molecular weight excluding hydrogens is 631 g/mol. The fraction of sp³-hybridized carbons (Fsp3) is 0. The van der Waals surface area contributed by atoms with E-state index in [0.29, 0.717) is 0 Å². The van der Waals surface area contributed by atoms with Gasteiger partial charge in [0.15, 0.2) is 0 Å². The van der Waals surface area contributed by atoms with Crippen LogP contribution in [0.15, 0.2) is 192 Å². The summed E-state index contributed by atoms with van der Waals surface area (Å²) in [7, 11) is 0. The Morgan fingerprint density at radius 2 is 0.904 bits per heavy atom. The van der Waals surface area contributed by atoms with Crippen molar-refractivity contribution in [2.75, 3.05) is 0 Å². The Bertz CT molecular complexity index is 3110. The van der Waals surface area contributed by atoms with Crippen molar-refractivity contribution in [1.29, 1.82) is 0 Å². The van der Waals surface area contributed by atoms with Crippen LogP contribution < -0.4 is 0 Å². The minimum absolute atomic E-state index is 0.897. The molecular formula is C50H31NO. The van der Waals surface area contributed by atoms with E-state index in [0.717, 1.165) is 33.1 Å². The molecule has 2 heteroatoms. The average molecular weight is 662 g/mol. The molecule has 2 nitrogen and oxygen atoms in total. The summed E-state index contributed by atoms with van der Waals surface area (Å²) in [5, 5.41) is 9.69. The summed E-state index contributed by atoms with van der Waals surface area (Å²) < 4.78 is 9.11. The highest BCUT2D eigenvalue weighted by Gasteiger charge is 2.22. The van der Waals surface area contributed by atoms with Crippen molar-refractivity contribution < 1.29 is 4.42 Å². The highest BCUT2D eigenvalue weighted by atomic mass is 16.3. The summed E-state index contributed by atoms with van der Waals surface area (Å²) >= 11 is 0. The van der Waals surface area contributed by atoms with Gasteiger partial charge in [0.25, 0.3) is 0 Å². The molecule has 0 bridgehead atoms. The lowest BCUT2D eigenvalue weighted by molar-refractivity contribution is 0.670. The Balaban J connectivity index is 1.21. The van der Waals surface area contributed by atoms with Crippen molar-refractivity contribution in [3.05, 3.63) is 188 Å². The van der Waals surface area contributed by atoms with E-state index in [-0.39, 0.29) is 0 Å². The van der Waals surface area contributed by atoms with Crippen molar-refractivity contribution in [1.82, 2.24) is 4.57 Å². The van der Waals surface area contributed by atoms with Crippen LogP contribution >= 0.6 is 0 Å². The molecule has 11 aromatic rings. The van der Waals surface area contributed by atoms with E-state index in [1.807, 2.05) is 0 Å². The third-order valence-corrected chi connectivity index (χ3v) is 10.8. The van der Waals surface area contributed by atoms with Crippen molar-refractivity contribution in [3.8, 4) is 39.1 Å². The maximum atomic E-state index is 6.73. The number of benzene rings is 9. The highest BCUT2D eigenvalue weighted by Crippen LogP contribution is 2.48.